The zero-order valence-electron chi connectivity index (χ0n) is 22.0. The minimum absolute atomic E-state index is 0.000449. The maximum absolute atomic E-state index is 14.0. The number of rotatable bonds is 7. The third-order valence-corrected chi connectivity index (χ3v) is 8.58. The summed E-state index contributed by atoms with van der Waals surface area (Å²) < 4.78 is 35.2. The smallest absolute Gasteiger partial charge is 0.264 e. The number of sulfonamides is 1. The summed E-state index contributed by atoms with van der Waals surface area (Å²) in [5, 5.41) is 0.447. The molecule has 38 heavy (non-hydrogen) atoms. The maximum Gasteiger partial charge on any atom is 0.264 e. The molecule has 0 unspecified atom stereocenters. The molecule has 1 aliphatic rings. The van der Waals surface area contributed by atoms with E-state index in [9.17, 15) is 13.2 Å². The van der Waals surface area contributed by atoms with Gasteiger partial charge in [-0.05, 0) is 56.5 Å². The second-order valence-electron chi connectivity index (χ2n) is 10.2. The summed E-state index contributed by atoms with van der Waals surface area (Å²) in [6.07, 6.45) is 3.78. The van der Waals surface area contributed by atoms with Crippen molar-refractivity contribution in [2.45, 2.75) is 56.3 Å². The number of carbonyl (C=O) groups excluding carboxylic acids is 1. The first-order chi connectivity index (χ1) is 18.1. The highest BCUT2D eigenvalue weighted by atomic mass is 32.2. The van der Waals surface area contributed by atoms with E-state index in [1.165, 1.54) is 13.2 Å². The Morgan fingerprint density at radius 3 is 2.55 bits per heavy atom. The van der Waals surface area contributed by atoms with E-state index in [0.29, 0.717) is 34.3 Å². The van der Waals surface area contributed by atoms with Gasteiger partial charge in [0.2, 0.25) is 5.91 Å². The number of carbonyl (C=O) groups is 1. The van der Waals surface area contributed by atoms with Gasteiger partial charge in [-0.1, -0.05) is 37.6 Å². The summed E-state index contributed by atoms with van der Waals surface area (Å²) in [5.41, 5.74) is 3.17. The third-order valence-electron chi connectivity index (χ3n) is 7.19. The van der Waals surface area contributed by atoms with Crippen LogP contribution in [0.25, 0.3) is 10.9 Å². The van der Waals surface area contributed by atoms with Gasteiger partial charge in [0.25, 0.3) is 10.0 Å². The standard InChI is InChI=1S/C29H30N4O4S/c1-17(2)24-15-31-25(16-30-24)22-14-29(22,21-13-18(3)9-12-26(21)37-5)28(34)33-38(35,36)27-8-6-7-23-20(27)11-10-19(4)32-23/h6-13,15-17,22H,14H2,1-5H3,(H,33,34)/t22-,29-/m1/s1. The molecule has 1 fully saturated rings. The van der Waals surface area contributed by atoms with E-state index in [1.54, 1.807) is 42.7 Å². The number of pyridine rings is 1. The molecule has 0 radical (unpaired) electrons. The quantitative estimate of drug-likeness (QED) is 0.369. The molecule has 0 aliphatic heterocycles. The maximum atomic E-state index is 14.0. The summed E-state index contributed by atoms with van der Waals surface area (Å²) in [6, 6.07) is 13.9. The fourth-order valence-electron chi connectivity index (χ4n) is 5.02. The van der Waals surface area contributed by atoms with Crippen molar-refractivity contribution in [3.8, 4) is 5.75 Å². The average molecular weight is 531 g/mol. The number of nitrogens with zero attached hydrogens (tertiary/aromatic N) is 3. The van der Waals surface area contributed by atoms with E-state index >= 15 is 0 Å². The molecule has 0 bridgehead atoms. The van der Waals surface area contributed by atoms with Crippen LogP contribution in [0.1, 0.15) is 60.3 Å². The molecule has 5 rings (SSSR count). The van der Waals surface area contributed by atoms with Crippen molar-refractivity contribution in [1.29, 1.82) is 0 Å². The van der Waals surface area contributed by atoms with Gasteiger partial charge >= 0.3 is 0 Å². The number of fused-ring (bicyclic) bond motifs is 1. The van der Waals surface area contributed by atoms with E-state index < -0.39 is 21.3 Å². The van der Waals surface area contributed by atoms with Crippen LogP contribution in [-0.4, -0.2) is 36.4 Å². The Morgan fingerprint density at radius 1 is 1.08 bits per heavy atom. The van der Waals surface area contributed by atoms with Crippen LogP contribution in [-0.2, 0) is 20.2 Å². The van der Waals surface area contributed by atoms with Crippen LogP contribution in [0, 0.1) is 13.8 Å². The number of amides is 1. The Kier molecular flexibility index (Phi) is 6.43. The van der Waals surface area contributed by atoms with Gasteiger partial charge in [-0.25, -0.2) is 13.1 Å². The molecule has 2 atom stereocenters. The van der Waals surface area contributed by atoms with Gasteiger partial charge in [-0.2, -0.15) is 0 Å². The average Bonchev–Trinajstić information content (AvgIpc) is 3.65. The Balaban J connectivity index is 1.58. The molecular weight excluding hydrogens is 500 g/mol. The molecule has 8 nitrogen and oxygen atoms in total. The summed E-state index contributed by atoms with van der Waals surface area (Å²) in [5.74, 6) is -0.260. The number of benzene rings is 2. The zero-order chi connectivity index (χ0) is 27.2. The van der Waals surface area contributed by atoms with Crippen molar-refractivity contribution < 1.29 is 17.9 Å². The number of aromatic nitrogens is 3. The molecule has 1 aliphatic carbocycles. The van der Waals surface area contributed by atoms with Gasteiger partial charge in [0, 0.05) is 35.0 Å². The van der Waals surface area contributed by atoms with Crippen LogP contribution in [0.15, 0.2) is 65.8 Å². The Morgan fingerprint density at radius 2 is 1.87 bits per heavy atom. The van der Waals surface area contributed by atoms with Crippen molar-refractivity contribution in [2.75, 3.05) is 7.11 Å². The van der Waals surface area contributed by atoms with Crippen LogP contribution in [0.5, 0.6) is 5.75 Å². The lowest BCUT2D eigenvalue weighted by atomic mass is 9.89. The van der Waals surface area contributed by atoms with Gasteiger partial charge in [0.15, 0.2) is 0 Å². The van der Waals surface area contributed by atoms with Crippen molar-refractivity contribution in [3.05, 3.63) is 89.1 Å². The van der Waals surface area contributed by atoms with Gasteiger partial charge in [0.1, 0.15) is 5.75 Å². The molecule has 4 aromatic rings. The minimum Gasteiger partial charge on any atom is -0.496 e. The second-order valence-corrected chi connectivity index (χ2v) is 11.8. The highest BCUT2D eigenvalue weighted by Gasteiger charge is 2.64. The van der Waals surface area contributed by atoms with Gasteiger partial charge in [-0.15, -0.1) is 0 Å². The van der Waals surface area contributed by atoms with Crippen LogP contribution in [0.4, 0.5) is 0 Å². The summed E-state index contributed by atoms with van der Waals surface area (Å²) >= 11 is 0. The predicted octanol–water partition coefficient (Wildman–Crippen LogP) is 4.70. The fraction of sp³-hybridized carbons (Fsp3) is 0.310. The SMILES string of the molecule is COc1ccc(C)cc1[C@]1(C(=O)NS(=O)(=O)c2cccc3nc(C)ccc23)C[C@@H]1c1cnc(C(C)C)cn1. The van der Waals surface area contributed by atoms with Crippen molar-refractivity contribution in [2.24, 2.45) is 0 Å². The van der Waals surface area contributed by atoms with E-state index in [4.69, 9.17) is 4.74 Å². The van der Waals surface area contributed by atoms with E-state index in [1.807, 2.05) is 39.8 Å². The molecule has 1 saturated carbocycles. The lowest BCUT2D eigenvalue weighted by molar-refractivity contribution is -0.122. The predicted molar refractivity (Wildman–Crippen MR) is 145 cm³/mol. The topological polar surface area (TPSA) is 111 Å². The van der Waals surface area contributed by atoms with Crippen molar-refractivity contribution in [3.63, 3.8) is 0 Å². The van der Waals surface area contributed by atoms with Crippen LogP contribution in [0.2, 0.25) is 0 Å². The molecule has 2 heterocycles. The Bertz CT molecular complexity index is 1650. The fourth-order valence-corrected chi connectivity index (χ4v) is 6.27. The Hall–Kier alpha value is -3.85. The minimum atomic E-state index is -4.22. The third kappa shape index (κ3) is 4.41. The molecule has 196 valence electrons. The summed E-state index contributed by atoms with van der Waals surface area (Å²) in [7, 11) is -2.68. The van der Waals surface area contributed by atoms with Gasteiger partial charge in [0.05, 0.1) is 34.3 Å². The monoisotopic (exact) mass is 530 g/mol. The highest BCUT2D eigenvalue weighted by Crippen LogP contribution is 2.62. The number of hydrogen-bond acceptors (Lipinski definition) is 7. The van der Waals surface area contributed by atoms with E-state index in [0.717, 1.165) is 17.0 Å². The molecule has 2 aromatic heterocycles. The van der Waals surface area contributed by atoms with E-state index in [-0.39, 0.29) is 16.7 Å². The first kappa shape index (κ1) is 25.8. The molecule has 9 heteroatoms. The first-order valence-electron chi connectivity index (χ1n) is 12.5. The number of hydrogen-bond donors (Lipinski definition) is 1. The molecule has 1 amide bonds. The molecular formula is C29H30N4O4S. The normalized spacial score (nSPS) is 18.9. The summed E-state index contributed by atoms with van der Waals surface area (Å²) in [6.45, 7) is 7.83. The number of nitrogens with one attached hydrogen (secondary N) is 1. The van der Waals surface area contributed by atoms with Crippen LogP contribution >= 0.6 is 0 Å². The van der Waals surface area contributed by atoms with Crippen LogP contribution in [0.3, 0.4) is 0 Å². The van der Waals surface area contributed by atoms with Crippen molar-refractivity contribution >= 4 is 26.8 Å². The van der Waals surface area contributed by atoms with Crippen LogP contribution < -0.4 is 9.46 Å². The zero-order valence-corrected chi connectivity index (χ0v) is 22.8. The number of aryl methyl sites for hydroxylation is 2. The van der Waals surface area contributed by atoms with Crippen molar-refractivity contribution in [1.82, 2.24) is 19.7 Å². The second kappa shape index (κ2) is 9.47. The summed E-state index contributed by atoms with van der Waals surface area (Å²) in [4.78, 5) is 27.6. The lowest BCUT2D eigenvalue weighted by Gasteiger charge is -2.21. The molecule has 1 N–H and O–H groups in total. The number of ether oxygens (including phenoxy) is 1. The first-order valence-corrected chi connectivity index (χ1v) is 14.0. The van der Waals surface area contributed by atoms with Gasteiger partial charge < -0.3 is 4.74 Å². The largest absolute Gasteiger partial charge is 0.496 e. The highest BCUT2D eigenvalue weighted by molar-refractivity contribution is 7.90. The lowest BCUT2D eigenvalue weighted by Crippen LogP contribution is -2.40. The number of methoxy groups -OCH3 is 1. The molecule has 0 saturated heterocycles. The Labute approximate surface area is 222 Å². The molecule has 2 aromatic carbocycles. The van der Waals surface area contributed by atoms with Gasteiger partial charge in [-0.3, -0.25) is 19.7 Å². The van der Waals surface area contributed by atoms with E-state index in [2.05, 4.69) is 19.7 Å². The molecule has 0 spiro atoms.